The first-order valence-electron chi connectivity index (χ1n) is 6.12. The number of carbonyl (C=O) groups excluding carboxylic acids is 1. The lowest BCUT2D eigenvalue weighted by molar-refractivity contribution is -0.153. The third-order valence-electron chi connectivity index (χ3n) is 3.30. The number of alkyl halides is 1. The van der Waals surface area contributed by atoms with E-state index in [0.717, 1.165) is 5.56 Å². The molecule has 2 heterocycles. The molecule has 1 aliphatic heterocycles. The van der Waals surface area contributed by atoms with E-state index in [4.69, 9.17) is 5.11 Å². The number of halogens is 1. The summed E-state index contributed by atoms with van der Waals surface area (Å²) in [6.45, 7) is 0.822. The van der Waals surface area contributed by atoms with Crippen LogP contribution < -0.4 is 0 Å². The number of ether oxygens (including phenoxy) is 1. The number of esters is 1. The minimum Gasteiger partial charge on any atom is -0.477 e. The van der Waals surface area contributed by atoms with Crippen molar-refractivity contribution >= 4 is 11.9 Å². The molecule has 1 fully saturated rings. The molecule has 0 aliphatic carbocycles. The van der Waals surface area contributed by atoms with Crippen molar-refractivity contribution < 1.29 is 23.8 Å². The molecule has 20 heavy (non-hydrogen) atoms. The maximum Gasteiger partial charge on any atom is 0.354 e. The van der Waals surface area contributed by atoms with E-state index in [-0.39, 0.29) is 18.7 Å². The van der Waals surface area contributed by atoms with Crippen LogP contribution in [0.3, 0.4) is 0 Å². The molecule has 108 valence electrons. The van der Waals surface area contributed by atoms with Crippen LogP contribution in [0.1, 0.15) is 22.5 Å². The van der Waals surface area contributed by atoms with Crippen LogP contribution in [-0.2, 0) is 16.1 Å². The molecule has 1 N–H and O–H groups in total. The zero-order valence-electron chi connectivity index (χ0n) is 11.0. The minimum atomic E-state index is -1.96. The van der Waals surface area contributed by atoms with Crippen LogP contribution >= 0.6 is 0 Å². The quantitative estimate of drug-likeness (QED) is 0.825. The molecule has 1 aliphatic rings. The fourth-order valence-corrected chi connectivity index (χ4v) is 2.24. The van der Waals surface area contributed by atoms with Crippen LogP contribution in [0.2, 0.25) is 0 Å². The first-order valence-corrected chi connectivity index (χ1v) is 6.12. The Kier molecular flexibility index (Phi) is 3.99. The van der Waals surface area contributed by atoms with Crippen molar-refractivity contribution in [2.24, 2.45) is 0 Å². The molecule has 0 bridgehead atoms. The SMILES string of the molecule is COC(=O)C1(F)CCN(Cc2ccc(C(=O)O)nc2)C1. The third kappa shape index (κ3) is 2.93. The normalized spacial score (nSPS) is 22.7. The molecular formula is C13H15FN2O4. The molecule has 7 heteroatoms. The lowest BCUT2D eigenvalue weighted by atomic mass is 10.1. The van der Waals surface area contributed by atoms with Gasteiger partial charge in [-0.25, -0.2) is 19.0 Å². The van der Waals surface area contributed by atoms with Crippen LogP contribution in [0, 0.1) is 0 Å². The molecule has 1 atom stereocenters. The second-order valence-electron chi connectivity index (χ2n) is 4.77. The number of carboxylic acids is 1. The number of hydrogen-bond donors (Lipinski definition) is 1. The first kappa shape index (κ1) is 14.4. The number of rotatable bonds is 4. The smallest absolute Gasteiger partial charge is 0.354 e. The fraction of sp³-hybridized carbons (Fsp3) is 0.462. The van der Waals surface area contributed by atoms with Crippen LogP contribution in [-0.4, -0.2) is 52.8 Å². The molecule has 0 amide bonds. The number of hydrogen-bond acceptors (Lipinski definition) is 5. The number of carbonyl (C=O) groups is 2. The second-order valence-corrected chi connectivity index (χ2v) is 4.77. The lowest BCUT2D eigenvalue weighted by Gasteiger charge is -2.18. The van der Waals surface area contributed by atoms with E-state index in [9.17, 15) is 14.0 Å². The summed E-state index contributed by atoms with van der Waals surface area (Å²) < 4.78 is 18.7. The van der Waals surface area contributed by atoms with E-state index < -0.39 is 17.6 Å². The summed E-state index contributed by atoms with van der Waals surface area (Å²) in [7, 11) is 1.17. The highest BCUT2D eigenvalue weighted by molar-refractivity contribution is 5.85. The number of likely N-dealkylation sites (tertiary alicyclic amines) is 1. The highest BCUT2D eigenvalue weighted by atomic mass is 19.1. The summed E-state index contributed by atoms with van der Waals surface area (Å²) in [5.74, 6) is -1.94. The van der Waals surface area contributed by atoms with Crippen molar-refractivity contribution in [2.45, 2.75) is 18.6 Å². The Morgan fingerprint density at radius 1 is 1.55 bits per heavy atom. The number of aromatic nitrogens is 1. The molecule has 0 aromatic carbocycles. The number of nitrogens with zero attached hydrogens (tertiary/aromatic N) is 2. The van der Waals surface area contributed by atoms with E-state index in [2.05, 4.69) is 9.72 Å². The van der Waals surface area contributed by atoms with Gasteiger partial charge in [0.05, 0.1) is 7.11 Å². The average molecular weight is 282 g/mol. The Balaban J connectivity index is 1.98. The minimum absolute atomic E-state index is 0.0274. The van der Waals surface area contributed by atoms with Gasteiger partial charge in [-0.2, -0.15) is 0 Å². The van der Waals surface area contributed by atoms with Crippen LogP contribution in [0.15, 0.2) is 18.3 Å². The maximum atomic E-state index is 14.2. The highest BCUT2D eigenvalue weighted by Crippen LogP contribution is 2.28. The zero-order valence-corrected chi connectivity index (χ0v) is 11.0. The van der Waals surface area contributed by atoms with Gasteiger partial charge in [-0.05, 0) is 11.6 Å². The van der Waals surface area contributed by atoms with Gasteiger partial charge in [0, 0.05) is 32.3 Å². The molecular weight excluding hydrogens is 267 g/mol. The van der Waals surface area contributed by atoms with E-state index in [1.807, 2.05) is 0 Å². The Labute approximate surface area is 115 Å². The topological polar surface area (TPSA) is 79.7 Å². The van der Waals surface area contributed by atoms with Gasteiger partial charge in [-0.1, -0.05) is 6.07 Å². The Hall–Kier alpha value is -2.02. The van der Waals surface area contributed by atoms with Gasteiger partial charge in [0.15, 0.2) is 0 Å². The van der Waals surface area contributed by atoms with Gasteiger partial charge in [0.1, 0.15) is 5.69 Å². The van der Waals surface area contributed by atoms with Crippen molar-refractivity contribution in [1.82, 2.24) is 9.88 Å². The van der Waals surface area contributed by atoms with Gasteiger partial charge >= 0.3 is 11.9 Å². The molecule has 1 saturated heterocycles. The van der Waals surface area contributed by atoms with Crippen molar-refractivity contribution in [1.29, 1.82) is 0 Å². The van der Waals surface area contributed by atoms with Crippen LogP contribution in [0.25, 0.3) is 0 Å². The van der Waals surface area contributed by atoms with Gasteiger partial charge < -0.3 is 9.84 Å². The van der Waals surface area contributed by atoms with E-state index in [1.165, 1.54) is 19.4 Å². The summed E-state index contributed by atoms with van der Waals surface area (Å²) in [6, 6.07) is 3.03. The second kappa shape index (κ2) is 5.54. The molecule has 1 unspecified atom stereocenters. The largest absolute Gasteiger partial charge is 0.477 e. The van der Waals surface area contributed by atoms with Gasteiger partial charge in [-0.15, -0.1) is 0 Å². The first-order chi connectivity index (χ1) is 9.44. The summed E-state index contributed by atoms with van der Waals surface area (Å²) in [5.41, 5.74) is -1.22. The molecule has 2 rings (SSSR count). The molecule has 0 spiro atoms. The van der Waals surface area contributed by atoms with E-state index in [1.54, 1.807) is 11.0 Å². The van der Waals surface area contributed by atoms with E-state index in [0.29, 0.717) is 13.1 Å². The van der Waals surface area contributed by atoms with Crippen molar-refractivity contribution in [3.05, 3.63) is 29.6 Å². The number of carboxylic acid groups (broad SMARTS) is 1. The van der Waals surface area contributed by atoms with Crippen LogP contribution in [0.4, 0.5) is 4.39 Å². The van der Waals surface area contributed by atoms with Crippen molar-refractivity contribution in [3.63, 3.8) is 0 Å². The molecule has 1 aromatic rings. The fourth-order valence-electron chi connectivity index (χ4n) is 2.24. The molecule has 0 saturated carbocycles. The number of aromatic carboxylic acids is 1. The molecule has 0 radical (unpaired) electrons. The summed E-state index contributed by atoms with van der Waals surface area (Å²) in [6.07, 6.45) is 1.54. The van der Waals surface area contributed by atoms with Crippen LogP contribution in [0.5, 0.6) is 0 Å². The Morgan fingerprint density at radius 2 is 2.30 bits per heavy atom. The molecule has 1 aromatic heterocycles. The van der Waals surface area contributed by atoms with Gasteiger partial charge in [0.25, 0.3) is 0 Å². The maximum absolute atomic E-state index is 14.2. The predicted octanol–water partition coefficient (Wildman–Crippen LogP) is 0.867. The van der Waals surface area contributed by atoms with Gasteiger partial charge in [-0.3, -0.25) is 4.90 Å². The average Bonchev–Trinajstić information content (AvgIpc) is 2.81. The predicted molar refractivity (Wildman–Crippen MR) is 66.9 cm³/mol. The summed E-state index contributed by atoms with van der Waals surface area (Å²) in [5, 5.41) is 8.74. The highest BCUT2D eigenvalue weighted by Gasteiger charge is 2.46. The van der Waals surface area contributed by atoms with Crippen molar-refractivity contribution in [2.75, 3.05) is 20.2 Å². The van der Waals surface area contributed by atoms with Crippen molar-refractivity contribution in [3.8, 4) is 0 Å². The Morgan fingerprint density at radius 3 is 2.85 bits per heavy atom. The van der Waals surface area contributed by atoms with E-state index >= 15 is 0 Å². The lowest BCUT2D eigenvalue weighted by Crippen LogP contribution is -2.38. The summed E-state index contributed by atoms with van der Waals surface area (Å²) in [4.78, 5) is 27.6. The number of methoxy groups -OCH3 is 1. The molecule has 6 nitrogen and oxygen atoms in total. The summed E-state index contributed by atoms with van der Waals surface area (Å²) >= 11 is 0. The monoisotopic (exact) mass is 282 g/mol. The Bertz CT molecular complexity index is 520. The zero-order chi connectivity index (χ0) is 14.8. The third-order valence-corrected chi connectivity index (χ3v) is 3.30. The van der Waals surface area contributed by atoms with Gasteiger partial charge in [0.2, 0.25) is 5.67 Å². The standard InChI is InChI=1S/C13H15FN2O4/c1-20-12(19)13(14)4-5-16(8-13)7-9-2-3-10(11(17)18)15-6-9/h2-3,6H,4-5,7-8H2,1H3,(H,17,18). The number of pyridine rings is 1.